The van der Waals surface area contributed by atoms with E-state index in [4.69, 9.17) is 11.1 Å². The van der Waals surface area contributed by atoms with Crippen LogP contribution in [0.4, 0.5) is 0 Å². The average molecular weight is 744 g/mol. The lowest BCUT2D eigenvalue weighted by Crippen LogP contribution is -2.33. The van der Waals surface area contributed by atoms with Gasteiger partial charge < -0.3 is 16.5 Å². The summed E-state index contributed by atoms with van der Waals surface area (Å²) in [5, 5.41) is 11.3. The standard InChI is InChI=1S/C52H77N3/c1-37(21-22-39(13-3-10-20-52(54)38(2)12-11-33-53)36-55-47-30-29-41-15-5-7-17-45(41)35-47)48-31-32-49(51-19-9-8-18-50(48)51)43-26-23-42(24-27-43)46-28-25-40-14-4-6-16-44(40)34-46/h3-5,10-12,14-15,23,33,35,37,39-41,43-46,48,50,52-53,55H,2,6-9,13,16-22,24-32,34,36,54H2,1H3/b10-3-,12-11-,53-33?. The van der Waals surface area contributed by atoms with Crippen molar-refractivity contribution in [3.8, 4) is 0 Å². The van der Waals surface area contributed by atoms with Crippen LogP contribution in [-0.4, -0.2) is 18.8 Å². The van der Waals surface area contributed by atoms with Crippen LogP contribution >= 0.6 is 0 Å². The Morgan fingerprint density at radius 3 is 2.56 bits per heavy atom. The molecule has 0 aromatic rings. The third-order valence-corrected chi connectivity index (χ3v) is 16.0. The van der Waals surface area contributed by atoms with E-state index in [2.05, 4.69) is 67.4 Å². The smallest absolute Gasteiger partial charge is 0.0323 e. The van der Waals surface area contributed by atoms with Gasteiger partial charge in [0.1, 0.15) is 0 Å². The maximum absolute atomic E-state index is 7.27. The summed E-state index contributed by atoms with van der Waals surface area (Å²) in [5.41, 5.74) is 14.6. The van der Waals surface area contributed by atoms with Gasteiger partial charge in [-0.2, -0.15) is 0 Å². The van der Waals surface area contributed by atoms with Gasteiger partial charge in [-0.3, -0.25) is 0 Å². The fourth-order valence-electron chi connectivity index (χ4n) is 12.6. The van der Waals surface area contributed by atoms with Crippen LogP contribution in [0.25, 0.3) is 0 Å². The summed E-state index contributed by atoms with van der Waals surface area (Å²) in [4.78, 5) is 0. The van der Waals surface area contributed by atoms with Gasteiger partial charge in [-0.15, -0.1) is 0 Å². The lowest BCUT2D eigenvalue weighted by atomic mass is 9.61. The molecule has 2 saturated carbocycles. The summed E-state index contributed by atoms with van der Waals surface area (Å²) in [6.45, 7) is 7.83. The summed E-state index contributed by atoms with van der Waals surface area (Å²) in [6.07, 6.45) is 54.2. The van der Waals surface area contributed by atoms with Gasteiger partial charge in [0.05, 0.1) is 0 Å². The minimum Gasteiger partial charge on any atom is -0.388 e. The quantitative estimate of drug-likeness (QED) is 0.0837. The lowest BCUT2D eigenvalue weighted by Gasteiger charge is -2.44. The van der Waals surface area contributed by atoms with Crippen molar-refractivity contribution in [3.63, 3.8) is 0 Å². The molecule has 3 nitrogen and oxygen atoms in total. The molecule has 300 valence electrons. The van der Waals surface area contributed by atoms with E-state index in [-0.39, 0.29) is 6.04 Å². The molecule has 7 rings (SSSR count). The van der Waals surface area contributed by atoms with Crippen LogP contribution in [0.3, 0.4) is 0 Å². The van der Waals surface area contributed by atoms with Crippen LogP contribution in [0.2, 0.25) is 0 Å². The Bertz CT molecular complexity index is 1520. The van der Waals surface area contributed by atoms with Crippen LogP contribution in [0.15, 0.2) is 95.3 Å². The maximum Gasteiger partial charge on any atom is 0.0323 e. The molecule has 0 spiro atoms. The second-order valence-electron chi connectivity index (χ2n) is 19.3. The fraction of sp³-hybridized carbons (Fsp3) is 0.673. The van der Waals surface area contributed by atoms with E-state index in [1.807, 2.05) is 22.8 Å². The van der Waals surface area contributed by atoms with E-state index in [1.165, 1.54) is 140 Å². The van der Waals surface area contributed by atoms with Crippen LogP contribution in [-0.2, 0) is 0 Å². The molecule has 7 aliphatic rings. The zero-order valence-electron chi connectivity index (χ0n) is 34.7. The van der Waals surface area contributed by atoms with E-state index in [0.717, 1.165) is 78.2 Å². The van der Waals surface area contributed by atoms with Crippen LogP contribution in [0.1, 0.15) is 148 Å². The van der Waals surface area contributed by atoms with E-state index in [1.54, 1.807) is 6.08 Å². The topological polar surface area (TPSA) is 61.9 Å². The Balaban J connectivity index is 0.953. The largest absolute Gasteiger partial charge is 0.388 e. The van der Waals surface area contributed by atoms with E-state index < -0.39 is 0 Å². The predicted octanol–water partition coefficient (Wildman–Crippen LogP) is 13.3. The van der Waals surface area contributed by atoms with E-state index >= 15 is 0 Å². The normalized spacial score (nSPS) is 33.9. The van der Waals surface area contributed by atoms with Gasteiger partial charge in [-0.1, -0.05) is 97.7 Å². The first-order chi connectivity index (χ1) is 27.0. The van der Waals surface area contributed by atoms with Crippen molar-refractivity contribution in [2.24, 2.45) is 64.9 Å². The average Bonchev–Trinajstić information content (AvgIpc) is 3.24. The summed E-state index contributed by atoms with van der Waals surface area (Å²) in [6, 6.07) is -0.0892. The minimum atomic E-state index is -0.0892. The molecule has 55 heavy (non-hydrogen) atoms. The zero-order valence-corrected chi connectivity index (χ0v) is 34.7. The SMILES string of the molecule is C=C(/C=C\C=N)C(N)C/C=C\CC(CCC(C)C1CCC(C2CC=C(C3CCC4C=CCCC4C3)CC2)=C2CCCCC21)CNC1=CC2CCC=CC2CC1. The molecule has 0 aromatic carbocycles. The Morgan fingerprint density at radius 2 is 1.71 bits per heavy atom. The molecular weight excluding hydrogens is 667 g/mol. The molecule has 0 aromatic heterocycles. The van der Waals surface area contributed by atoms with Crippen molar-refractivity contribution in [2.45, 2.75) is 154 Å². The second kappa shape index (κ2) is 20.2. The molecule has 2 fully saturated rings. The van der Waals surface area contributed by atoms with Gasteiger partial charge in [0.15, 0.2) is 0 Å². The summed E-state index contributed by atoms with van der Waals surface area (Å²) >= 11 is 0. The van der Waals surface area contributed by atoms with E-state index in [9.17, 15) is 0 Å². The highest BCUT2D eigenvalue weighted by molar-refractivity contribution is 5.68. The molecule has 0 amide bonds. The number of hydrogen-bond donors (Lipinski definition) is 3. The predicted molar refractivity (Wildman–Crippen MR) is 236 cm³/mol. The number of allylic oxidation sites excluding steroid dienone is 12. The monoisotopic (exact) mass is 744 g/mol. The van der Waals surface area contributed by atoms with Gasteiger partial charge in [0, 0.05) is 24.5 Å². The molecule has 3 heteroatoms. The molecule has 11 unspecified atom stereocenters. The zero-order chi connectivity index (χ0) is 38.0. The molecule has 4 N–H and O–H groups in total. The molecule has 11 atom stereocenters. The van der Waals surface area contributed by atoms with Gasteiger partial charge in [0.25, 0.3) is 0 Å². The molecule has 0 heterocycles. The van der Waals surface area contributed by atoms with Gasteiger partial charge in [0.2, 0.25) is 0 Å². The van der Waals surface area contributed by atoms with Crippen LogP contribution in [0, 0.1) is 64.6 Å². The second-order valence-corrected chi connectivity index (χ2v) is 19.3. The molecule has 0 aliphatic heterocycles. The molecular formula is C52H77N3. The highest BCUT2D eigenvalue weighted by Gasteiger charge is 2.39. The number of hydrogen-bond acceptors (Lipinski definition) is 3. The van der Waals surface area contributed by atoms with Gasteiger partial charge in [-0.25, -0.2) is 0 Å². The van der Waals surface area contributed by atoms with Gasteiger partial charge in [-0.05, 0) is 199 Å². The first kappa shape index (κ1) is 40.5. The summed E-state index contributed by atoms with van der Waals surface area (Å²) in [5.74, 6) is 8.20. The fourth-order valence-corrected chi connectivity index (χ4v) is 12.6. The molecule has 7 aliphatic carbocycles. The molecule has 0 radical (unpaired) electrons. The third kappa shape index (κ3) is 10.7. The summed E-state index contributed by atoms with van der Waals surface area (Å²) in [7, 11) is 0. The number of nitrogens with one attached hydrogen (secondary N) is 2. The summed E-state index contributed by atoms with van der Waals surface area (Å²) < 4.78 is 0. The van der Waals surface area contributed by atoms with Crippen molar-refractivity contribution in [2.75, 3.05) is 6.54 Å². The Kier molecular flexibility index (Phi) is 14.9. The van der Waals surface area contributed by atoms with Crippen molar-refractivity contribution in [1.82, 2.24) is 5.32 Å². The number of nitrogens with two attached hydrogens (primary N) is 1. The lowest BCUT2D eigenvalue weighted by molar-refractivity contribution is 0.182. The van der Waals surface area contributed by atoms with Crippen molar-refractivity contribution >= 4 is 6.21 Å². The maximum atomic E-state index is 7.27. The highest BCUT2D eigenvalue weighted by atomic mass is 14.9. The Morgan fingerprint density at radius 1 is 0.855 bits per heavy atom. The Hall–Kier alpha value is -2.65. The van der Waals surface area contributed by atoms with Crippen LogP contribution in [0.5, 0.6) is 0 Å². The van der Waals surface area contributed by atoms with Crippen molar-refractivity contribution < 1.29 is 0 Å². The first-order valence-electron chi connectivity index (χ1n) is 23.4. The number of fused-ring (bicyclic) bond motifs is 3. The third-order valence-electron chi connectivity index (χ3n) is 16.0. The van der Waals surface area contributed by atoms with Crippen LogP contribution < -0.4 is 11.1 Å². The highest BCUT2D eigenvalue weighted by Crippen LogP contribution is 2.51. The molecule has 0 saturated heterocycles. The van der Waals surface area contributed by atoms with Crippen molar-refractivity contribution in [1.29, 1.82) is 5.41 Å². The minimum absolute atomic E-state index is 0.0892. The molecule has 0 bridgehead atoms. The Labute approximate surface area is 336 Å². The number of rotatable bonds is 16. The van der Waals surface area contributed by atoms with E-state index in [0.29, 0.717) is 5.92 Å². The first-order valence-corrected chi connectivity index (χ1v) is 23.4. The van der Waals surface area contributed by atoms with Crippen molar-refractivity contribution in [3.05, 3.63) is 95.3 Å². The van der Waals surface area contributed by atoms with Gasteiger partial charge >= 0.3 is 0 Å².